The number of nitrogens with zero attached hydrogens (tertiary/aromatic N) is 4. The summed E-state index contributed by atoms with van der Waals surface area (Å²) >= 11 is 6.31. The fraction of sp³-hybridized carbons (Fsp3) is 0.304. The molecule has 0 spiro atoms. The number of hydrogen-bond donors (Lipinski definition) is 3. The zero-order valence-corrected chi connectivity index (χ0v) is 20.5. The van der Waals surface area contributed by atoms with Crippen LogP contribution < -0.4 is 16.0 Å². The lowest BCUT2D eigenvalue weighted by Gasteiger charge is -2.36. The number of rotatable bonds is 4. The van der Waals surface area contributed by atoms with Crippen molar-refractivity contribution in [2.45, 2.75) is 19.3 Å². The molecule has 0 atom stereocenters. The Labute approximate surface area is 208 Å². The number of hydrogen-bond acceptors (Lipinski definition) is 8. The van der Waals surface area contributed by atoms with Gasteiger partial charge in [-0.25, -0.2) is 17.7 Å². The van der Waals surface area contributed by atoms with Gasteiger partial charge in [0.2, 0.25) is 21.9 Å². The van der Waals surface area contributed by atoms with Crippen LogP contribution in [0.2, 0.25) is 5.02 Å². The van der Waals surface area contributed by atoms with E-state index >= 15 is 0 Å². The van der Waals surface area contributed by atoms with Gasteiger partial charge >= 0.3 is 0 Å². The van der Waals surface area contributed by atoms with Crippen molar-refractivity contribution in [3.05, 3.63) is 59.0 Å². The van der Waals surface area contributed by atoms with Crippen LogP contribution in [0.3, 0.4) is 0 Å². The van der Waals surface area contributed by atoms with E-state index in [0.717, 1.165) is 22.5 Å². The normalized spacial score (nSPS) is 15.9. The summed E-state index contributed by atoms with van der Waals surface area (Å²) in [5.74, 6) is 0.728. The first-order chi connectivity index (χ1) is 16.7. The van der Waals surface area contributed by atoms with Gasteiger partial charge in [0, 0.05) is 37.1 Å². The van der Waals surface area contributed by atoms with Gasteiger partial charge in [-0.2, -0.15) is 4.98 Å². The van der Waals surface area contributed by atoms with Crippen molar-refractivity contribution in [2.75, 3.05) is 35.3 Å². The maximum absolute atomic E-state index is 12.7. The lowest BCUT2D eigenvalue weighted by Crippen LogP contribution is -2.50. The van der Waals surface area contributed by atoms with Gasteiger partial charge in [-0.05, 0) is 54.2 Å². The van der Waals surface area contributed by atoms with Crippen LogP contribution in [0.25, 0.3) is 0 Å². The Balaban J connectivity index is 1.38. The van der Waals surface area contributed by atoms with Crippen molar-refractivity contribution in [2.24, 2.45) is 5.92 Å². The van der Waals surface area contributed by atoms with Crippen LogP contribution in [-0.4, -0.2) is 52.9 Å². The van der Waals surface area contributed by atoms with Crippen LogP contribution in [-0.2, 0) is 27.7 Å². The van der Waals surface area contributed by atoms with E-state index in [9.17, 15) is 13.2 Å². The molecule has 6 bridgehead atoms. The average Bonchev–Trinajstić information content (AvgIpc) is 2.77. The first-order valence-corrected chi connectivity index (χ1v) is 13.3. The molecule has 4 heterocycles. The van der Waals surface area contributed by atoms with E-state index in [1.807, 2.05) is 30.5 Å². The zero-order chi connectivity index (χ0) is 24.6. The number of aryl methyl sites for hydroxylation is 2. The summed E-state index contributed by atoms with van der Waals surface area (Å²) in [7, 11) is -3.20. The third-order valence-electron chi connectivity index (χ3n) is 5.99. The lowest BCUT2D eigenvalue weighted by molar-refractivity contribution is -0.117. The van der Waals surface area contributed by atoms with Crippen LogP contribution in [0.1, 0.15) is 17.5 Å². The molecule has 0 unspecified atom stereocenters. The molecule has 0 saturated carbocycles. The Bertz CT molecular complexity index is 1390. The Morgan fingerprint density at radius 3 is 2.77 bits per heavy atom. The molecule has 5 rings (SSSR count). The van der Waals surface area contributed by atoms with E-state index in [2.05, 4.69) is 30.9 Å². The smallest absolute Gasteiger partial charge is 0.229 e. The predicted molar refractivity (Wildman–Crippen MR) is 135 cm³/mol. The van der Waals surface area contributed by atoms with E-state index in [0.29, 0.717) is 48.4 Å². The number of carbonyl (C=O) groups is 1. The second kappa shape index (κ2) is 9.40. The van der Waals surface area contributed by atoms with Gasteiger partial charge in [0.15, 0.2) is 5.82 Å². The highest BCUT2D eigenvalue weighted by atomic mass is 35.5. The standard InChI is InChI=1S/C23H24ClN7O3S/c1-35(33,34)31-12-15(13-31)7-21(32)29-20-5-4-17-8-16(20)3-2-14-6-18(10-25-9-14)28-23-26-11-19(24)22(27-17)30-23/h4-6,8-11,15H,2-3,7,12-13H2,1H3,(H,29,32)(H2,26,27,28,30). The monoisotopic (exact) mass is 513 g/mol. The maximum Gasteiger partial charge on any atom is 0.229 e. The molecule has 1 amide bonds. The molecular weight excluding hydrogens is 490 g/mol. The van der Waals surface area contributed by atoms with E-state index in [4.69, 9.17) is 11.6 Å². The topological polar surface area (TPSA) is 129 Å². The molecule has 3 aromatic rings. The Kier molecular flexibility index (Phi) is 6.30. The highest BCUT2D eigenvalue weighted by Crippen LogP contribution is 2.30. The highest BCUT2D eigenvalue weighted by Gasteiger charge is 2.34. The Hall–Kier alpha value is -3.28. The van der Waals surface area contributed by atoms with Gasteiger partial charge in [-0.3, -0.25) is 9.78 Å². The second-order valence-corrected chi connectivity index (χ2v) is 11.2. The average molecular weight is 514 g/mol. The van der Waals surface area contributed by atoms with Crippen LogP contribution >= 0.6 is 11.6 Å². The van der Waals surface area contributed by atoms with Gasteiger partial charge < -0.3 is 16.0 Å². The SMILES string of the molecule is CS(=O)(=O)N1CC(CC(=O)Nc2ccc3cc2CCc2cncc(c2)Nc2ncc(Cl)c(n2)N3)C1. The molecule has 182 valence electrons. The third-order valence-corrected chi connectivity index (χ3v) is 7.50. The molecule has 3 N–H and O–H groups in total. The highest BCUT2D eigenvalue weighted by molar-refractivity contribution is 7.88. The molecule has 2 aliphatic heterocycles. The van der Waals surface area contributed by atoms with Crippen molar-refractivity contribution in [3.8, 4) is 0 Å². The van der Waals surface area contributed by atoms with Gasteiger partial charge in [0.05, 0.1) is 24.3 Å². The fourth-order valence-electron chi connectivity index (χ4n) is 4.14. The number of halogens is 1. The number of anilines is 5. The fourth-order valence-corrected chi connectivity index (χ4v) is 5.24. The number of nitrogens with one attached hydrogen (secondary N) is 3. The van der Waals surface area contributed by atoms with E-state index in [1.54, 1.807) is 6.20 Å². The predicted octanol–water partition coefficient (Wildman–Crippen LogP) is 3.33. The van der Waals surface area contributed by atoms with Crippen LogP contribution in [0.15, 0.2) is 42.9 Å². The number of sulfonamides is 1. The quantitative estimate of drug-likeness (QED) is 0.484. The first-order valence-electron chi connectivity index (χ1n) is 11.1. The largest absolute Gasteiger partial charge is 0.339 e. The van der Waals surface area contributed by atoms with Gasteiger partial charge in [0.1, 0.15) is 5.02 Å². The number of pyridine rings is 1. The number of amides is 1. The summed E-state index contributed by atoms with van der Waals surface area (Å²) in [4.78, 5) is 25.8. The van der Waals surface area contributed by atoms with Gasteiger partial charge in [0.25, 0.3) is 0 Å². The number of benzene rings is 1. The van der Waals surface area contributed by atoms with Crippen molar-refractivity contribution in [3.63, 3.8) is 0 Å². The first kappa shape index (κ1) is 23.5. The van der Waals surface area contributed by atoms with Crippen LogP contribution in [0.5, 0.6) is 0 Å². The summed E-state index contributed by atoms with van der Waals surface area (Å²) in [5, 5.41) is 9.77. The van der Waals surface area contributed by atoms with Crippen molar-refractivity contribution in [1.82, 2.24) is 19.3 Å². The van der Waals surface area contributed by atoms with Gasteiger partial charge in [-0.1, -0.05) is 11.6 Å². The van der Waals surface area contributed by atoms with E-state index < -0.39 is 10.0 Å². The summed E-state index contributed by atoms with van der Waals surface area (Å²) in [6, 6.07) is 7.65. The maximum atomic E-state index is 12.7. The minimum Gasteiger partial charge on any atom is -0.339 e. The number of carbonyl (C=O) groups excluding carboxylic acids is 1. The van der Waals surface area contributed by atoms with Crippen LogP contribution in [0, 0.1) is 5.92 Å². The van der Waals surface area contributed by atoms with Crippen LogP contribution in [0.4, 0.5) is 28.8 Å². The minimum absolute atomic E-state index is 0.0196. The molecule has 2 aliphatic rings. The molecule has 12 heteroatoms. The molecule has 35 heavy (non-hydrogen) atoms. The molecule has 0 aliphatic carbocycles. The summed E-state index contributed by atoms with van der Waals surface area (Å²) in [6.45, 7) is 0.752. The molecule has 1 aromatic carbocycles. The van der Waals surface area contributed by atoms with E-state index in [1.165, 1.54) is 16.8 Å². The molecule has 1 saturated heterocycles. The number of aromatic nitrogens is 3. The minimum atomic E-state index is -3.20. The van der Waals surface area contributed by atoms with Gasteiger partial charge in [-0.15, -0.1) is 0 Å². The van der Waals surface area contributed by atoms with E-state index in [-0.39, 0.29) is 18.2 Å². The molecule has 1 fully saturated rings. The second-order valence-electron chi connectivity index (χ2n) is 8.79. The summed E-state index contributed by atoms with van der Waals surface area (Å²) < 4.78 is 24.5. The Morgan fingerprint density at radius 1 is 1.14 bits per heavy atom. The molecular formula is C23H24ClN7O3S. The third kappa shape index (κ3) is 5.53. The zero-order valence-electron chi connectivity index (χ0n) is 19.0. The van der Waals surface area contributed by atoms with Crippen molar-refractivity contribution >= 4 is 56.4 Å². The lowest BCUT2D eigenvalue weighted by atomic mass is 9.98. The summed E-state index contributed by atoms with van der Waals surface area (Å²) in [6.07, 6.45) is 7.86. The van der Waals surface area contributed by atoms with Crippen molar-refractivity contribution < 1.29 is 13.2 Å². The molecule has 2 aromatic heterocycles. The molecule has 0 radical (unpaired) electrons. The summed E-state index contributed by atoms with van der Waals surface area (Å²) in [5.41, 5.74) is 4.22. The Morgan fingerprint density at radius 2 is 1.97 bits per heavy atom. The molecule has 10 nitrogen and oxygen atoms in total. The number of fused-ring (bicyclic) bond motifs is 6. The van der Waals surface area contributed by atoms with Crippen molar-refractivity contribution in [1.29, 1.82) is 0 Å².